The van der Waals surface area contributed by atoms with Gasteiger partial charge in [-0.25, -0.2) is 4.98 Å². The molecule has 7 nitrogen and oxygen atoms in total. The number of aromatic nitrogens is 3. The van der Waals surface area contributed by atoms with E-state index in [9.17, 15) is 31.4 Å². The Morgan fingerprint density at radius 3 is 2.36 bits per heavy atom. The van der Waals surface area contributed by atoms with Gasteiger partial charge < -0.3 is 20.0 Å². The fraction of sp³-hybridized carbons (Fsp3) is 0.650. The smallest absolute Gasteiger partial charge is 0.426 e. The maximum Gasteiger partial charge on any atom is 0.426 e. The van der Waals surface area contributed by atoms with Gasteiger partial charge in [-0.1, -0.05) is 33.6 Å². The van der Waals surface area contributed by atoms with E-state index < -0.39 is 59.0 Å². The lowest BCUT2D eigenvalue weighted by Crippen LogP contribution is -2.42. The first-order chi connectivity index (χ1) is 15.2. The average Bonchev–Trinajstić information content (AvgIpc) is 3.17. The van der Waals surface area contributed by atoms with Gasteiger partial charge in [0.1, 0.15) is 5.56 Å². The number of aliphatic hydroxyl groups is 1. The summed E-state index contributed by atoms with van der Waals surface area (Å²) in [6.45, 7) is 5.80. The van der Waals surface area contributed by atoms with Crippen molar-refractivity contribution >= 4 is 5.69 Å². The van der Waals surface area contributed by atoms with Crippen molar-refractivity contribution < 1.29 is 40.6 Å². The molecule has 0 saturated heterocycles. The van der Waals surface area contributed by atoms with Gasteiger partial charge in [0.05, 0.1) is 12.3 Å². The summed E-state index contributed by atoms with van der Waals surface area (Å²) in [4.78, 5) is 3.68. The molecule has 0 aliphatic carbocycles. The molecule has 0 spiro atoms. The third kappa shape index (κ3) is 6.06. The van der Waals surface area contributed by atoms with E-state index in [0.717, 1.165) is 0 Å². The molecule has 13 heteroatoms. The number of halogens is 6. The number of pyridine rings is 1. The standard InChI is InChI=1S/C17H18F6N4O3.C3H8/c1-8-3-2-5-15(28,17(21,22)23)14-27-26-13(30-14)11-10(24)7-9(16(18,19)20)12(25-11)29-6-4-8;1-3-2/h7-8,28H,2-6,24H2,1H3;3H2,1-2H3. The number of nitrogens with zero attached hydrogens (tertiary/aromatic N) is 3. The van der Waals surface area contributed by atoms with Crippen LogP contribution in [0.2, 0.25) is 0 Å². The minimum atomic E-state index is -5.12. The first-order valence-electron chi connectivity index (χ1n) is 10.4. The minimum absolute atomic E-state index is 0.0472. The van der Waals surface area contributed by atoms with Gasteiger partial charge in [0, 0.05) is 0 Å². The molecule has 1 aliphatic rings. The highest BCUT2D eigenvalue weighted by atomic mass is 19.4. The number of nitrogens with two attached hydrogens (primary N) is 1. The van der Waals surface area contributed by atoms with E-state index in [1.165, 1.54) is 6.42 Å². The van der Waals surface area contributed by atoms with Crippen LogP contribution in [0.4, 0.5) is 32.0 Å². The molecule has 0 radical (unpaired) electrons. The van der Waals surface area contributed by atoms with Gasteiger partial charge in [0.2, 0.25) is 11.5 Å². The van der Waals surface area contributed by atoms with Gasteiger partial charge in [-0.05, 0) is 31.2 Å². The van der Waals surface area contributed by atoms with Crippen molar-refractivity contribution in [3.8, 4) is 17.5 Å². The third-order valence-electron chi connectivity index (χ3n) is 4.86. The van der Waals surface area contributed by atoms with Crippen molar-refractivity contribution in [3.05, 3.63) is 17.5 Å². The van der Waals surface area contributed by atoms with Crippen LogP contribution in [0, 0.1) is 5.92 Å². The summed E-state index contributed by atoms with van der Waals surface area (Å²) in [6.07, 6.45) is -8.96. The van der Waals surface area contributed by atoms with E-state index in [0.29, 0.717) is 6.07 Å². The molecule has 2 unspecified atom stereocenters. The predicted molar refractivity (Wildman–Crippen MR) is 106 cm³/mol. The number of rotatable bonds is 0. The van der Waals surface area contributed by atoms with E-state index >= 15 is 0 Å². The highest BCUT2D eigenvalue weighted by molar-refractivity contribution is 5.68. The Hall–Kier alpha value is -2.57. The van der Waals surface area contributed by atoms with Gasteiger partial charge in [0.15, 0.2) is 5.69 Å². The molecule has 0 fully saturated rings. The van der Waals surface area contributed by atoms with E-state index in [4.69, 9.17) is 14.9 Å². The molecular formula is C20H26F6N4O3. The maximum absolute atomic E-state index is 13.6. The molecule has 0 aromatic carbocycles. The molecule has 3 N–H and O–H groups in total. The Morgan fingerprint density at radius 1 is 1.15 bits per heavy atom. The van der Waals surface area contributed by atoms with Gasteiger partial charge in [-0.2, -0.15) is 26.3 Å². The average molecular weight is 484 g/mol. The SMILES string of the molecule is CC1CCCC(O)(C(F)(F)F)c2nnc(o2)-c2nc(c(C(F)(F)F)cc2N)OCC1.CCC. The monoisotopic (exact) mass is 484 g/mol. The summed E-state index contributed by atoms with van der Waals surface area (Å²) in [5, 5.41) is 17.0. The summed E-state index contributed by atoms with van der Waals surface area (Å²) in [6, 6.07) is 0.535. The quantitative estimate of drug-likeness (QED) is 0.476. The summed E-state index contributed by atoms with van der Waals surface area (Å²) in [5.74, 6) is -2.81. The first-order valence-corrected chi connectivity index (χ1v) is 10.4. The highest BCUT2D eigenvalue weighted by Crippen LogP contribution is 2.44. The fourth-order valence-electron chi connectivity index (χ4n) is 3.06. The van der Waals surface area contributed by atoms with Crippen molar-refractivity contribution in [1.29, 1.82) is 0 Å². The van der Waals surface area contributed by atoms with Crippen molar-refractivity contribution in [3.63, 3.8) is 0 Å². The predicted octanol–water partition coefficient (Wildman–Crippen LogP) is 5.49. The van der Waals surface area contributed by atoms with Crippen LogP contribution in [-0.4, -0.2) is 33.1 Å². The third-order valence-corrected chi connectivity index (χ3v) is 4.86. The summed E-state index contributed by atoms with van der Waals surface area (Å²) in [5.41, 5.74) is -0.0772. The number of alkyl halides is 6. The lowest BCUT2D eigenvalue weighted by Gasteiger charge is -2.27. The van der Waals surface area contributed by atoms with Crippen molar-refractivity contribution in [2.45, 2.75) is 70.8 Å². The summed E-state index contributed by atoms with van der Waals surface area (Å²) in [7, 11) is 0. The van der Waals surface area contributed by atoms with Crippen LogP contribution >= 0.6 is 0 Å². The van der Waals surface area contributed by atoms with E-state index in [1.807, 2.05) is 0 Å². The Balaban J connectivity index is 0.00000122. The second kappa shape index (κ2) is 10.1. The fourth-order valence-corrected chi connectivity index (χ4v) is 3.06. The zero-order valence-corrected chi connectivity index (χ0v) is 18.3. The molecule has 33 heavy (non-hydrogen) atoms. The van der Waals surface area contributed by atoms with E-state index in [2.05, 4.69) is 29.0 Å². The van der Waals surface area contributed by atoms with Gasteiger partial charge in [-0.3, -0.25) is 0 Å². The number of hydrogen-bond acceptors (Lipinski definition) is 7. The molecule has 2 aromatic heterocycles. The maximum atomic E-state index is 13.6. The molecule has 1 aliphatic heterocycles. The molecular weight excluding hydrogens is 458 g/mol. The number of hydrogen-bond donors (Lipinski definition) is 2. The van der Waals surface area contributed by atoms with Crippen LogP contribution in [-0.2, 0) is 11.8 Å². The largest absolute Gasteiger partial charge is 0.477 e. The summed E-state index contributed by atoms with van der Waals surface area (Å²) < 4.78 is 90.9. The highest BCUT2D eigenvalue weighted by Gasteiger charge is 2.58. The molecule has 0 saturated carbocycles. The van der Waals surface area contributed by atoms with Gasteiger partial charge in [0.25, 0.3) is 11.8 Å². The van der Waals surface area contributed by atoms with Crippen LogP contribution in [0.3, 0.4) is 0 Å². The van der Waals surface area contributed by atoms with Crippen LogP contribution in [0.1, 0.15) is 64.3 Å². The Morgan fingerprint density at radius 2 is 1.79 bits per heavy atom. The zero-order chi connectivity index (χ0) is 25.0. The van der Waals surface area contributed by atoms with Crippen LogP contribution in [0.25, 0.3) is 11.6 Å². The Kier molecular flexibility index (Phi) is 8.20. The van der Waals surface area contributed by atoms with Crippen LogP contribution in [0.15, 0.2) is 10.5 Å². The minimum Gasteiger partial charge on any atom is -0.477 e. The lowest BCUT2D eigenvalue weighted by molar-refractivity contribution is -0.277. The zero-order valence-electron chi connectivity index (χ0n) is 18.3. The molecule has 4 bridgehead atoms. The van der Waals surface area contributed by atoms with Crippen molar-refractivity contribution in [1.82, 2.24) is 15.2 Å². The number of anilines is 1. The molecule has 3 rings (SSSR count). The molecule has 3 heterocycles. The molecule has 2 atom stereocenters. The molecule has 186 valence electrons. The van der Waals surface area contributed by atoms with E-state index in [-0.39, 0.29) is 31.8 Å². The first kappa shape index (κ1) is 26.7. The van der Waals surface area contributed by atoms with Crippen molar-refractivity contribution in [2.24, 2.45) is 5.92 Å². The summed E-state index contributed by atoms with van der Waals surface area (Å²) >= 11 is 0. The van der Waals surface area contributed by atoms with Gasteiger partial charge in [-0.15, -0.1) is 10.2 Å². The van der Waals surface area contributed by atoms with E-state index in [1.54, 1.807) is 6.92 Å². The lowest BCUT2D eigenvalue weighted by atomic mass is 9.92. The number of fused-ring (bicyclic) bond motifs is 5. The Bertz CT molecular complexity index is 931. The number of nitrogen functional groups attached to an aromatic ring is 1. The Labute approximate surface area is 186 Å². The van der Waals surface area contributed by atoms with Crippen LogP contribution < -0.4 is 10.5 Å². The van der Waals surface area contributed by atoms with Gasteiger partial charge >= 0.3 is 12.4 Å². The second-order valence-electron chi connectivity index (χ2n) is 7.89. The normalized spacial score (nSPS) is 21.9. The topological polar surface area (TPSA) is 107 Å². The second-order valence-corrected chi connectivity index (χ2v) is 7.89. The molecule has 0 amide bonds. The van der Waals surface area contributed by atoms with Crippen molar-refractivity contribution in [2.75, 3.05) is 12.3 Å². The number of ether oxygens (including phenoxy) is 1. The van der Waals surface area contributed by atoms with Crippen LogP contribution in [0.5, 0.6) is 5.88 Å². The molecule has 2 aromatic rings.